The van der Waals surface area contributed by atoms with Gasteiger partial charge >= 0.3 is 0 Å². The average Bonchev–Trinajstić information content (AvgIpc) is 2.40. The van der Waals surface area contributed by atoms with Crippen LogP contribution in [0.1, 0.15) is 16.1 Å². The van der Waals surface area contributed by atoms with E-state index in [4.69, 9.17) is 0 Å². The van der Waals surface area contributed by atoms with Crippen LogP contribution in [0.2, 0.25) is 0 Å². The number of hydrogen-bond acceptors (Lipinski definition) is 4. The lowest BCUT2D eigenvalue weighted by Crippen LogP contribution is -2.16. The van der Waals surface area contributed by atoms with Crippen molar-refractivity contribution in [2.75, 3.05) is 5.75 Å². The first kappa shape index (κ1) is 13.4. The number of hydrogen-bond donors (Lipinski definition) is 0. The van der Waals surface area contributed by atoms with Gasteiger partial charge in [-0.3, -0.25) is 9.78 Å². The summed E-state index contributed by atoms with van der Waals surface area (Å²) in [5, 5.41) is 0. The zero-order valence-electron chi connectivity index (χ0n) is 10.4. The van der Waals surface area contributed by atoms with E-state index in [2.05, 4.69) is 4.98 Å². The molecular formula is C14H13NO3S. The molecule has 0 saturated heterocycles. The fraction of sp³-hybridized carbons (Fsp3) is 0.143. The van der Waals surface area contributed by atoms with Gasteiger partial charge in [0, 0.05) is 17.5 Å². The highest BCUT2D eigenvalue weighted by Gasteiger charge is 2.20. The van der Waals surface area contributed by atoms with E-state index in [9.17, 15) is 13.2 Å². The number of ketones is 1. The van der Waals surface area contributed by atoms with Crippen LogP contribution in [0.25, 0.3) is 0 Å². The van der Waals surface area contributed by atoms with Crippen LogP contribution >= 0.6 is 0 Å². The Morgan fingerprint density at radius 3 is 2.37 bits per heavy atom. The third-order valence-corrected chi connectivity index (χ3v) is 4.29. The normalized spacial score (nSPS) is 11.2. The van der Waals surface area contributed by atoms with E-state index in [1.54, 1.807) is 37.3 Å². The molecule has 0 bridgehead atoms. The van der Waals surface area contributed by atoms with Crippen molar-refractivity contribution in [3.05, 3.63) is 59.9 Å². The van der Waals surface area contributed by atoms with Crippen molar-refractivity contribution in [1.29, 1.82) is 0 Å². The molecular weight excluding hydrogens is 262 g/mol. The first-order chi connectivity index (χ1) is 8.99. The average molecular weight is 275 g/mol. The smallest absolute Gasteiger partial charge is 0.185 e. The summed E-state index contributed by atoms with van der Waals surface area (Å²) in [5.74, 6) is -0.988. The Hall–Kier alpha value is -2.01. The van der Waals surface area contributed by atoms with Crippen LogP contribution in [-0.2, 0) is 9.84 Å². The second-order valence-corrected chi connectivity index (χ2v) is 6.17. The number of rotatable bonds is 4. The van der Waals surface area contributed by atoms with E-state index in [0.717, 1.165) is 5.69 Å². The van der Waals surface area contributed by atoms with E-state index < -0.39 is 21.4 Å². The van der Waals surface area contributed by atoms with Crippen molar-refractivity contribution in [3.8, 4) is 0 Å². The SMILES string of the molecule is Cc1ccc(C(=O)CS(=O)(=O)c2ccccc2)cn1. The number of benzene rings is 1. The minimum Gasteiger partial charge on any atom is -0.293 e. The summed E-state index contributed by atoms with van der Waals surface area (Å²) >= 11 is 0. The Morgan fingerprint density at radius 1 is 1.11 bits per heavy atom. The number of pyridine rings is 1. The van der Waals surface area contributed by atoms with Crippen LogP contribution < -0.4 is 0 Å². The van der Waals surface area contributed by atoms with Crippen molar-refractivity contribution >= 4 is 15.6 Å². The Bertz CT molecular complexity index is 676. The molecule has 5 heteroatoms. The molecule has 0 amide bonds. The second-order valence-electron chi connectivity index (χ2n) is 4.18. The zero-order chi connectivity index (χ0) is 13.9. The predicted molar refractivity (Wildman–Crippen MR) is 71.8 cm³/mol. The van der Waals surface area contributed by atoms with Gasteiger partial charge in [0.2, 0.25) is 0 Å². The molecule has 2 rings (SSSR count). The maximum absolute atomic E-state index is 12.0. The quantitative estimate of drug-likeness (QED) is 0.801. The Labute approximate surface area is 112 Å². The summed E-state index contributed by atoms with van der Waals surface area (Å²) in [5.41, 5.74) is 1.09. The fourth-order valence-corrected chi connectivity index (χ4v) is 2.85. The number of aromatic nitrogens is 1. The Balaban J connectivity index is 2.22. The van der Waals surface area contributed by atoms with Gasteiger partial charge in [0.1, 0.15) is 5.75 Å². The largest absolute Gasteiger partial charge is 0.293 e. The first-order valence-corrected chi connectivity index (χ1v) is 7.38. The van der Waals surface area contributed by atoms with Gasteiger partial charge < -0.3 is 0 Å². The zero-order valence-corrected chi connectivity index (χ0v) is 11.2. The molecule has 19 heavy (non-hydrogen) atoms. The van der Waals surface area contributed by atoms with Crippen molar-refractivity contribution < 1.29 is 13.2 Å². The molecule has 0 saturated carbocycles. The molecule has 0 fully saturated rings. The highest BCUT2D eigenvalue weighted by atomic mass is 32.2. The highest BCUT2D eigenvalue weighted by Crippen LogP contribution is 2.12. The maximum Gasteiger partial charge on any atom is 0.185 e. The van der Waals surface area contributed by atoms with Crippen molar-refractivity contribution in [1.82, 2.24) is 4.98 Å². The number of carbonyl (C=O) groups is 1. The van der Waals surface area contributed by atoms with Crippen molar-refractivity contribution in [2.24, 2.45) is 0 Å². The van der Waals surface area contributed by atoms with Crippen molar-refractivity contribution in [2.45, 2.75) is 11.8 Å². The van der Waals surface area contributed by atoms with Gasteiger partial charge in [-0.2, -0.15) is 0 Å². The predicted octanol–water partition coefficient (Wildman–Crippen LogP) is 2.05. The standard InChI is InChI=1S/C14H13NO3S/c1-11-7-8-12(9-15-11)14(16)10-19(17,18)13-5-3-2-4-6-13/h2-9H,10H2,1H3. The summed E-state index contributed by atoms with van der Waals surface area (Å²) in [4.78, 5) is 16.1. The minimum absolute atomic E-state index is 0.156. The number of nitrogens with zero attached hydrogens (tertiary/aromatic N) is 1. The lowest BCUT2D eigenvalue weighted by molar-refractivity contribution is 0.102. The third kappa shape index (κ3) is 3.26. The van der Waals surface area contributed by atoms with E-state index >= 15 is 0 Å². The molecule has 0 aliphatic carbocycles. The molecule has 4 nitrogen and oxygen atoms in total. The molecule has 0 radical (unpaired) electrons. The van der Waals surface area contributed by atoms with Gasteiger partial charge in [0.05, 0.1) is 4.90 Å². The molecule has 98 valence electrons. The lowest BCUT2D eigenvalue weighted by atomic mass is 10.2. The highest BCUT2D eigenvalue weighted by molar-refractivity contribution is 7.92. The topological polar surface area (TPSA) is 64.1 Å². The van der Waals surface area contributed by atoms with E-state index in [-0.39, 0.29) is 4.90 Å². The van der Waals surface area contributed by atoms with Crippen molar-refractivity contribution in [3.63, 3.8) is 0 Å². The minimum atomic E-state index is -3.60. The summed E-state index contributed by atoms with van der Waals surface area (Å²) in [6.07, 6.45) is 1.40. The van der Waals surface area contributed by atoms with E-state index in [0.29, 0.717) is 5.56 Å². The van der Waals surface area contributed by atoms with Crippen LogP contribution in [0.15, 0.2) is 53.6 Å². The van der Waals surface area contributed by atoms with E-state index in [1.165, 1.54) is 18.3 Å². The van der Waals surface area contributed by atoms with Gasteiger partial charge in [0.25, 0.3) is 0 Å². The lowest BCUT2D eigenvalue weighted by Gasteiger charge is -2.04. The molecule has 0 N–H and O–H groups in total. The maximum atomic E-state index is 12.0. The molecule has 0 unspecified atom stereocenters. The molecule has 1 heterocycles. The van der Waals surface area contributed by atoms with E-state index in [1.807, 2.05) is 0 Å². The molecule has 0 aliphatic rings. The van der Waals surface area contributed by atoms with Crippen LogP contribution in [0.4, 0.5) is 0 Å². The summed E-state index contributed by atoms with van der Waals surface area (Å²) < 4.78 is 24.1. The van der Waals surface area contributed by atoms with Crippen LogP contribution in [-0.4, -0.2) is 24.9 Å². The van der Waals surface area contributed by atoms with Gasteiger partial charge in [-0.25, -0.2) is 8.42 Å². The van der Waals surface area contributed by atoms with Crippen LogP contribution in [0.3, 0.4) is 0 Å². The van der Waals surface area contributed by atoms with Crippen LogP contribution in [0.5, 0.6) is 0 Å². The summed E-state index contributed by atoms with van der Waals surface area (Å²) in [6, 6.07) is 11.2. The molecule has 2 aromatic rings. The van der Waals surface area contributed by atoms with Gasteiger partial charge in [-0.05, 0) is 31.2 Å². The summed E-state index contributed by atoms with van der Waals surface area (Å²) in [7, 11) is -3.60. The third-order valence-electron chi connectivity index (χ3n) is 2.66. The van der Waals surface area contributed by atoms with Gasteiger partial charge in [-0.15, -0.1) is 0 Å². The number of sulfone groups is 1. The first-order valence-electron chi connectivity index (χ1n) is 5.73. The number of aryl methyl sites for hydroxylation is 1. The summed E-state index contributed by atoms with van der Waals surface area (Å²) in [6.45, 7) is 1.80. The Kier molecular flexibility index (Phi) is 3.76. The molecule has 0 atom stereocenters. The van der Waals surface area contributed by atoms with Crippen LogP contribution in [0, 0.1) is 6.92 Å². The number of Topliss-reactive ketones (excluding diaryl/α,β-unsaturated/α-hetero) is 1. The molecule has 1 aromatic heterocycles. The Morgan fingerprint density at radius 2 is 1.79 bits per heavy atom. The monoisotopic (exact) mass is 275 g/mol. The molecule has 1 aromatic carbocycles. The van der Waals surface area contributed by atoms with Gasteiger partial charge in [0.15, 0.2) is 15.6 Å². The number of carbonyl (C=O) groups excluding carboxylic acids is 1. The molecule has 0 aliphatic heterocycles. The van der Waals surface area contributed by atoms with Gasteiger partial charge in [-0.1, -0.05) is 18.2 Å². The fourth-order valence-electron chi connectivity index (χ4n) is 1.60. The molecule has 0 spiro atoms. The second kappa shape index (κ2) is 5.32.